The van der Waals surface area contributed by atoms with Gasteiger partial charge in [-0.3, -0.25) is 4.79 Å². The molecule has 3 aromatic rings. The molecule has 1 aromatic heterocycles. The van der Waals surface area contributed by atoms with Gasteiger partial charge in [-0.05, 0) is 43.4 Å². The van der Waals surface area contributed by atoms with Crippen LogP contribution in [0.2, 0.25) is 0 Å². The number of nitrogens with zero attached hydrogens (tertiary/aromatic N) is 3. The van der Waals surface area contributed by atoms with Crippen LogP contribution in [0.5, 0.6) is 0 Å². The number of amides is 1. The fourth-order valence-electron chi connectivity index (χ4n) is 3.63. The molecule has 0 spiro atoms. The van der Waals surface area contributed by atoms with E-state index in [2.05, 4.69) is 64.1 Å². The van der Waals surface area contributed by atoms with Gasteiger partial charge >= 0.3 is 0 Å². The Morgan fingerprint density at radius 3 is 2.31 bits per heavy atom. The molecule has 2 aromatic carbocycles. The normalized spacial score (nSPS) is 11.1. The van der Waals surface area contributed by atoms with Gasteiger partial charge in [0, 0.05) is 13.6 Å². The van der Waals surface area contributed by atoms with Crippen molar-refractivity contribution in [2.24, 2.45) is 5.92 Å². The summed E-state index contributed by atoms with van der Waals surface area (Å²) < 4.78 is 1.96. The molecule has 0 saturated heterocycles. The summed E-state index contributed by atoms with van der Waals surface area (Å²) in [5.41, 5.74) is 5.97. The van der Waals surface area contributed by atoms with Gasteiger partial charge in [0.2, 0.25) is 0 Å². The van der Waals surface area contributed by atoms with E-state index in [1.165, 1.54) is 5.56 Å². The van der Waals surface area contributed by atoms with Gasteiger partial charge in [0.1, 0.15) is 0 Å². The van der Waals surface area contributed by atoms with Crippen molar-refractivity contribution in [3.63, 3.8) is 0 Å². The number of carbonyl (C=O) groups excluding carboxylic acids is 1. The van der Waals surface area contributed by atoms with E-state index in [1.54, 1.807) is 4.90 Å². The fourth-order valence-corrected chi connectivity index (χ4v) is 3.63. The lowest BCUT2D eigenvalue weighted by molar-refractivity contribution is 0.0782. The lowest BCUT2D eigenvalue weighted by atomic mass is 10.0. The topological polar surface area (TPSA) is 38.1 Å². The zero-order valence-corrected chi connectivity index (χ0v) is 18.1. The summed E-state index contributed by atoms with van der Waals surface area (Å²) in [5, 5.41) is 4.90. The van der Waals surface area contributed by atoms with Crippen molar-refractivity contribution >= 4 is 5.91 Å². The first-order chi connectivity index (χ1) is 13.9. The van der Waals surface area contributed by atoms with Gasteiger partial charge in [-0.2, -0.15) is 5.10 Å². The maximum Gasteiger partial charge on any atom is 0.257 e. The third kappa shape index (κ3) is 4.76. The Hall–Kier alpha value is -2.88. The summed E-state index contributed by atoms with van der Waals surface area (Å²) in [6.45, 7) is 9.08. The van der Waals surface area contributed by atoms with E-state index in [-0.39, 0.29) is 5.91 Å². The number of hydrogen-bond donors (Lipinski definition) is 0. The average Bonchev–Trinajstić information content (AvgIpc) is 3.06. The van der Waals surface area contributed by atoms with E-state index >= 15 is 0 Å². The fraction of sp³-hybridized carbons (Fsp3) is 0.360. The third-order valence-corrected chi connectivity index (χ3v) is 5.09. The van der Waals surface area contributed by atoms with Crippen molar-refractivity contribution in [3.8, 4) is 5.69 Å². The van der Waals surface area contributed by atoms with Crippen molar-refractivity contribution in [2.75, 3.05) is 7.05 Å². The minimum Gasteiger partial charge on any atom is -0.337 e. The zero-order chi connectivity index (χ0) is 21.0. The highest BCUT2D eigenvalue weighted by atomic mass is 16.2. The van der Waals surface area contributed by atoms with Crippen LogP contribution in [0.1, 0.15) is 53.6 Å². The molecule has 1 heterocycles. The van der Waals surface area contributed by atoms with Crippen LogP contribution >= 0.6 is 0 Å². The van der Waals surface area contributed by atoms with Gasteiger partial charge in [-0.25, -0.2) is 4.68 Å². The third-order valence-electron chi connectivity index (χ3n) is 5.09. The van der Waals surface area contributed by atoms with Crippen LogP contribution in [0, 0.1) is 12.8 Å². The number of aryl methyl sites for hydroxylation is 1. The van der Waals surface area contributed by atoms with Crippen molar-refractivity contribution in [3.05, 3.63) is 82.7 Å². The molecule has 4 heteroatoms. The van der Waals surface area contributed by atoms with Crippen LogP contribution < -0.4 is 0 Å². The van der Waals surface area contributed by atoms with Gasteiger partial charge in [-0.1, -0.05) is 68.8 Å². The summed E-state index contributed by atoms with van der Waals surface area (Å²) in [5.74, 6) is 0.465. The first kappa shape index (κ1) is 20.8. The molecular weight excluding hydrogens is 358 g/mol. The highest BCUT2D eigenvalue weighted by Gasteiger charge is 2.26. The summed E-state index contributed by atoms with van der Waals surface area (Å²) in [6, 6.07) is 18.4. The summed E-state index contributed by atoms with van der Waals surface area (Å²) in [7, 11) is 1.87. The second-order valence-electron chi connectivity index (χ2n) is 8.11. The molecular formula is C25H31N3O. The lowest BCUT2D eigenvalue weighted by Crippen LogP contribution is -2.28. The molecule has 0 fully saturated rings. The average molecular weight is 390 g/mol. The molecule has 0 saturated carbocycles. The van der Waals surface area contributed by atoms with Crippen LogP contribution in [-0.4, -0.2) is 27.6 Å². The minimum absolute atomic E-state index is 0.0414. The van der Waals surface area contributed by atoms with Crippen molar-refractivity contribution in [2.45, 2.75) is 47.1 Å². The number of carbonyl (C=O) groups is 1. The molecule has 0 unspecified atom stereocenters. The monoisotopic (exact) mass is 389 g/mol. The van der Waals surface area contributed by atoms with Gasteiger partial charge in [0.05, 0.1) is 22.6 Å². The van der Waals surface area contributed by atoms with Gasteiger partial charge < -0.3 is 4.90 Å². The van der Waals surface area contributed by atoms with Crippen LogP contribution in [0.4, 0.5) is 0 Å². The quantitative estimate of drug-likeness (QED) is 0.556. The Morgan fingerprint density at radius 1 is 1.07 bits per heavy atom. The van der Waals surface area contributed by atoms with Crippen LogP contribution in [0.15, 0.2) is 54.6 Å². The standard InChI is InChI=1S/C25H31N3O/c1-6-23-24(25(29)27(5)17-20-10-8-7-9-11-20)22(16-18(2)3)26-28(23)21-14-12-19(4)13-15-21/h7-15,18H,6,16-17H2,1-5H3. The summed E-state index contributed by atoms with van der Waals surface area (Å²) in [6.07, 6.45) is 1.53. The number of aromatic nitrogens is 2. The van der Waals surface area contributed by atoms with E-state index in [0.29, 0.717) is 12.5 Å². The second kappa shape index (κ2) is 9.08. The number of hydrogen-bond acceptors (Lipinski definition) is 2. The minimum atomic E-state index is 0.0414. The molecule has 0 aliphatic heterocycles. The molecule has 4 nitrogen and oxygen atoms in total. The SMILES string of the molecule is CCc1c(C(=O)N(C)Cc2ccccc2)c(CC(C)C)nn1-c1ccc(C)cc1. The predicted molar refractivity (Wildman–Crippen MR) is 118 cm³/mol. The van der Waals surface area contributed by atoms with Gasteiger partial charge in [0.15, 0.2) is 0 Å². The molecule has 29 heavy (non-hydrogen) atoms. The smallest absolute Gasteiger partial charge is 0.257 e. The Balaban J connectivity index is 2.02. The first-order valence-corrected chi connectivity index (χ1v) is 10.4. The van der Waals surface area contributed by atoms with Crippen LogP contribution in [0.3, 0.4) is 0 Å². The molecule has 1 amide bonds. The Labute approximate surface area is 174 Å². The van der Waals surface area contributed by atoms with E-state index in [1.807, 2.05) is 29.9 Å². The number of benzene rings is 2. The maximum atomic E-state index is 13.5. The van der Waals surface area contributed by atoms with Crippen molar-refractivity contribution in [1.82, 2.24) is 14.7 Å². The van der Waals surface area contributed by atoms with Gasteiger partial charge in [0.25, 0.3) is 5.91 Å². The molecule has 0 radical (unpaired) electrons. The highest BCUT2D eigenvalue weighted by Crippen LogP contribution is 2.24. The van der Waals surface area contributed by atoms with E-state index in [4.69, 9.17) is 5.10 Å². The predicted octanol–water partition coefficient (Wildman–Crippen LogP) is 5.21. The summed E-state index contributed by atoms with van der Waals surface area (Å²) in [4.78, 5) is 15.3. The van der Waals surface area contributed by atoms with E-state index < -0.39 is 0 Å². The van der Waals surface area contributed by atoms with E-state index in [0.717, 1.165) is 41.0 Å². The van der Waals surface area contributed by atoms with Crippen LogP contribution in [0.25, 0.3) is 5.69 Å². The highest BCUT2D eigenvalue weighted by molar-refractivity contribution is 5.96. The lowest BCUT2D eigenvalue weighted by Gasteiger charge is -2.19. The molecule has 0 aliphatic rings. The molecule has 0 atom stereocenters. The molecule has 0 bridgehead atoms. The van der Waals surface area contributed by atoms with Crippen molar-refractivity contribution in [1.29, 1.82) is 0 Å². The zero-order valence-electron chi connectivity index (χ0n) is 18.1. The second-order valence-corrected chi connectivity index (χ2v) is 8.11. The molecule has 3 rings (SSSR count). The molecule has 0 N–H and O–H groups in total. The molecule has 0 aliphatic carbocycles. The van der Waals surface area contributed by atoms with Gasteiger partial charge in [-0.15, -0.1) is 0 Å². The first-order valence-electron chi connectivity index (χ1n) is 10.4. The van der Waals surface area contributed by atoms with Crippen LogP contribution in [-0.2, 0) is 19.4 Å². The largest absolute Gasteiger partial charge is 0.337 e. The summed E-state index contributed by atoms with van der Waals surface area (Å²) >= 11 is 0. The Bertz CT molecular complexity index is 956. The number of rotatable bonds is 7. The van der Waals surface area contributed by atoms with Crippen molar-refractivity contribution < 1.29 is 4.79 Å². The Morgan fingerprint density at radius 2 is 1.72 bits per heavy atom. The Kier molecular flexibility index (Phi) is 6.53. The maximum absolute atomic E-state index is 13.5. The van der Waals surface area contributed by atoms with E-state index in [9.17, 15) is 4.79 Å². The molecule has 152 valence electrons.